The number of benzene rings is 2. The maximum absolute atomic E-state index is 13.8. The fourth-order valence-electron chi connectivity index (χ4n) is 5.30. The van der Waals surface area contributed by atoms with Gasteiger partial charge in [-0.05, 0) is 49.1 Å². The van der Waals surface area contributed by atoms with Gasteiger partial charge in [-0.1, -0.05) is 48.5 Å². The molecule has 0 radical (unpaired) electrons. The zero-order valence-corrected chi connectivity index (χ0v) is 20.7. The summed E-state index contributed by atoms with van der Waals surface area (Å²) in [6.07, 6.45) is 1.61. The number of anilines is 3. The minimum Gasteiger partial charge on any atom is -0.340 e. The van der Waals surface area contributed by atoms with Crippen LogP contribution in [0.1, 0.15) is 37.9 Å². The Morgan fingerprint density at radius 3 is 2.66 bits per heavy atom. The van der Waals surface area contributed by atoms with Crippen molar-refractivity contribution < 1.29 is 11.9 Å². The van der Waals surface area contributed by atoms with Gasteiger partial charge in [0.05, 0.1) is 27.0 Å². The number of nitrogens with one attached hydrogen (secondary N) is 1. The van der Waals surface area contributed by atoms with Gasteiger partial charge in [-0.2, -0.15) is 9.49 Å². The van der Waals surface area contributed by atoms with Crippen molar-refractivity contribution in [3.8, 4) is 11.3 Å². The molecule has 38 heavy (non-hydrogen) atoms. The Morgan fingerprint density at radius 1 is 1.05 bits per heavy atom. The number of hydrogen-bond donors (Lipinski definition) is 1. The normalized spacial score (nSPS) is 24.4. The molecule has 0 unspecified atom stereocenters. The molecule has 190 valence electrons. The van der Waals surface area contributed by atoms with Crippen LogP contribution in [0.4, 0.5) is 21.7 Å². The molecule has 2 aromatic heterocycles. The van der Waals surface area contributed by atoms with Crippen LogP contribution in [-0.4, -0.2) is 50.6 Å². The zero-order valence-electron chi connectivity index (χ0n) is 22.7. The van der Waals surface area contributed by atoms with Crippen molar-refractivity contribution in [2.75, 3.05) is 17.3 Å². The van der Waals surface area contributed by atoms with Crippen LogP contribution in [-0.2, 0) is 6.54 Å². The van der Waals surface area contributed by atoms with Crippen LogP contribution in [0.15, 0.2) is 77.8 Å². The molecule has 9 heteroatoms. The molecule has 0 bridgehead atoms. The monoisotopic (exact) mass is 509 g/mol. The largest absolute Gasteiger partial charge is 0.340 e. The standard InChI is InChI=1S/C29H26FN7O/c1-35-28(38)25-26(31-20-7-3-2-4-8-20)36(34-27(25)37-23-11-5-10-22(23)33-29(35)37)17-18-13-15-19(16-14-18)21-9-6-12-24(30)32-21/h2-4,6-9,12-16,22-23,31H,5,10-11,17H2,1H3/t22-,23+/m0/s1/i22D,23D. The average Bonchev–Trinajstić information content (AvgIpc) is 3.52. The van der Waals surface area contributed by atoms with Crippen molar-refractivity contribution in [3.05, 3.63) is 89.9 Å². The van der Waals surface area contributed by atoms with Crippen LogP contribution in [0.5, 0.6) is 0 Å². The van der Waals surface area contributed by atoms with E-state index in [1.165, 1.54) is 11.0 Å². The molecular formula is C29H26FN7O. The van der Waals surface area contributed by atoms with Crippen LogP contribution in [0, 0.1) is 5.95 Å². The third kappa shape index (κ3) is 3.65. The summed E-state index contributed by atoms with van der Waals surface area (Å²) in [4.78, 5) is 25.4. The van der Waals surface area contributed by atoms with Crippen LogP contribution < -0.4 is 10.2 Å². The Labute approximate surface area is 222 Å². The first kappa shape index (κ1) is 20.5. The third-order valence-corrected chi connectivity index (χ3v) is 7.16. The van der Waals surface area contributed by atoms with Gasteiger partial charge in [-0.15, -0.1) is 0 Å². The van der Waals surface area contributed by atoms with Crippen molar-refractivity contribution in [1.82, 2.24) is 19.7 Å². The van der Waals surface area contributed by atoms with Gasteiger partial charge in [0.25, 0.3) is 5.91 Å². The highest BCUT2D eigenvalue weighted by Gasteiger charge is 2.49. The van der Waals surface area contributed by atoms with Crippen molar-refractivity contribution in [3.63, 3.8) is 0 Å². The Balaban J connectivity index is 1.32. The molecule has 2 atom stereocenters. The summed E-state index contributed by atoms with van der Waals surface area (Å²) in [5.74, 6) is 0.300. The molecule has 0 saturated heterocycles. The number of carbonyl (C=O) groups excluding carboxylic acids is 1. The van der Waals surface area contributed by atoms with Crippen molar-refractivity contribution in [2.24, 2.45) is 4.99 Å². The number of nitrogens with zero attached hydrogens (tertiary/aromatic N) is 6. The van der Waals surface area contributed by atoms with Gasteiger partial charge < -0.3 is 5.32 Å². The number of pyridine rings is 1. The highest BCUT2D eigenvalue weighted by atomic mass is 19.1. The lowest BCUT2D eigenvalue weighted by atomic mass is 10.1. The molecule has 0 spiro atoms. The Morgan fingerprint density at radius 2 is 1.87 bits per heavy atom. The van der Waals surface area contributed by atoms with E-state index in [-0.39, 0.29) is 5.91 Å². The summed E-state index contributed by atoms with van der Waals surface area (Å²) in [6, 6.07) is 19.1. The predicted octanol–water partition coefficient (Wildman–Crippen LogP) is 5.06. The summed E-state index contributed by atoms with van der Waals surface area (Å²) < 4.78 is 33.7. The SMILES string of the molecule is [2H][C@@]12CCC[C@]1([2H])N=C1N(C)C(=O)c3c(nn(Cc4ccc(-c5cccc(F)n5)cc4)c3Nc3ccccc3)N12. The van der Waals surface area contributed by atoms with Crippen molar-refractivity contribution in [2.45, 2.75) is 37.8 Å². The van der Waals surface area contributed by atoms with Gasteiger partial charge in [0.1, 0.15) is 11.4 Å². The van der Waals surface area contributed by atoms with Crippen LogP contribution >= 0.6 is 0 Å². The number of amides is 1. The van der Waals surface area contributed by atoms with E-state index >= 15 is 0 Å². The molecule has 3 aliphatic rings. The second kappa shape index (κ2) is 8.79. The van der Waals surface area contributed by atoms with E-state index in [9.17, 15) is 10.6 Å². The third-order valence-electron chi connectivity index (χ3n) is 7.16. The van der Waals surface area contributed by atoms with Gasteiger partial charge in [0, 0.05) is 18.3 Å². The molecule has 1 amide bonds. The predicted molar refractivity (Wildman–Crippen MR) is 144 cm³/mol. The molecule has 2 aromatic carbocycles. The topological polar surface area (TPSA) is 78.6 Å². The van der Waals surface area contributed by atoms with E-state index in [0.29, 0.717) is 54.7 Å². The maximum atomic E-state index is 13.8. The van der Waals surface area contributed by atoms with E-state index in [1.54, 1.807) is 28.8 Å². The number of aliphatic imine (C=N–C) groups is 1. The first-order valence-corrected chi connectivity index (χ1v) is 12.6. The Kier molecular flexibility index (Phi) is 4.75. The van der Waals surface area contributed by atoms with E-state index in [4.69, 9.17) is 6.47 Å². The van der Waals surface area contributed by atoms with Crippen LogP contribution in [0.25, 0.3) is 11.3 Å². The van der Waals surface area contributed by atoms with E-state index in [1.807, 2.05) is 54.6 Å². The quantitative estimate of drug-likeness (QED) is 0.381. The summed E-state index contributed by atoms with van der Waals surface area (Å²) in [6.45, 7) is 0.327. The second-order valence-electron chi connectivity index (χ2n) is 9.60. The number of para-hydroxylation sites is 1. The van der Waals surface area contributed by atoms with Gasteiger partial charge in [-0.3, -0.25) is 14.6 Å². The minimum atomic E-state index is -1.37. The summed E-state index contributed by atoms with van der Waals surface area (Å²) in [5.41, 5.74) is 3.35. The number of halogens is 1. The number of guanidine groups is 1. The smallest absolute Gasteiger partial charge is 0.267 e. The van der Waals surface area contributed by atoms with Crippen LogP contribution in [0.3, 0.4) is 0 Å². The molecule has 1 aliphatic carbocycles. The fourth-order valence-corrected chi connectivity index (χ4v) is 5.30. The lowest BCUT2D eigenvalue weighted by Gasteiger charge is -2.34. The maximum Gasteiger partial charge on any atom is 0.267 e. The van der Waals surface area contributed by atoms with E-state index < -0.39 is 18.0 Å². The number of aromatic nitrogens is 3. The molecule has 4 aromatic rings. The molecular weight excluding hydrogens is 481 g/mol. The number of hydrogen-bond acceptors (Lipinski definition) is 6. The fraction of sp³-hybridized carbons (Fsp3) is 0.241. The summed E-state index contributed by atoms with van der Waals surface area (Å²) in [7, 11) is 1.63. The Hall–Kier alpha value is -4.53. The molecule has 7 rings (SSSR count). The molecule has 1 saturated carbocycles. The summed E-state index contributed by atoms with van der Waals surface area (Å²) >= 11 is 0. The molecule has 4 heterocycles. The lowest BCUT2D eigenvalue weighted by molar-refractivity contribution is 0.0866. The Bertz CT molecular complexity index is 1680. The zero-order chi connectivity index (χ0) is 27.6. The van der Waals surface area contributed by atoms with Crippen molar-refractivity contribution in [1.29, 1.82) is 0 Å². The second-order valence-corrected chi connectivity index (χ2v) is 9.60. The first-order chi connectivity index (χ1) is 19.3. The number of fused-ring (bicyclic) bond motifs is 5. The average molecular weight is 510 g/mol. The van der Waals surface area contributed by atoms with E-state index in [0.717, 1.165) is 16.8 Å². The highest BCUT2D eigenvalue weighted by molar-refractivity contribution is 6.21. The molecule has 1 fully saturated rings. The minimum absolute atomic E-state index is 0.296. The van der Waals surface area contributed by atoms with Gasteiger partial charge in [-0.25, -0.2) is 14.7 Å². The number of rotatable bonds is 5. The number of carbonyl (C=O) groups is 1. The van der Waals surface area contributed by atoms with Crippen molar-refractivity contribution >= 4 is 29.2 Å². The highest BCUT2D eigenvalue weighted by Crippen LogP contribution is 2.43. The van der Waals surface area contributed by atoms with Crippen LogP contribution in [0.2, 0.25) is 0 Å². The van der Waals surface area contributed by atoms with Gasteiger partial charge in [0.2, 0.25) is 11.9 Å². The summed E-state index contributed by atoms with van der Waals surface area (Å²) in [5, 5.41) is 8.27. The molecule has 8 nitrogen and oxygen atoms in total. The molecule has 1 N–H and O–H groups in total. The van der Waals surface area contributed by atoms with Gasteiger partial charge >= 0.3 is 0 Å². The first-order valence-electron chi connectivity index (χ1n) is 13.6. The lowest BCUT2D eigenvalue weighted by Crippen LogP contribution is -2.51. The van der Waals surface area contributed by atoms with E-state index in [2.05, 4.69) is 15.3 Å². The van der Waals surface area contributed by atoms with Gasteiger partial charge in [0.15, 0.2) is 5.82 Å². The molecule has 2 aliphatic heterocycles.